The van der Waals surface area contributed by atoms with E-state index in [9.17, 15) is 14.9 Å². The van der Waals surface area contributed by atoms with Gasteiger partial charge in [-0.25, -0.2) is 0 Å². The summed E-state index contributed by atoms with van der Waals surface area (Å²) in [6.45, 7) is 2.00. The molecule has 0 aliphatic heterocycles. The molecule has 0 fully saturated rings. The Labute approximate surface area is 187 Å². The first kappa shape index (κ1) is 21.3. The summed E-state index contributed by atoms with van der Waals surface area (Å²) in [4.78, 5) is 22.6. The zero-order chi connectivity index (χ0) is 22.5. The molecule has 0 saturated heterocycles. The lowest BCUT2D eigenvalue weighted by molar-refractivity contribution is -0.384. The predicted molar refractivity (Wildman–Crippen MR) is 122 cm³/mol. The minimum Gasteiger partial charge on any atom is -0.411 e. The second-order valence-electron chi connectivity index (χ2n) is 6.96. The highest BCUT2D eigenvalue weighted by molar-refractivity contribution is 7.99. The molecule has 32 heavy (non-hydrogen) atoms. The van der Waals surface area contributed by atoms with Gasteiger partial charge in [0.05, 0.1) is 10.7 Å². The maximum atomic E-state index is 12.3. The quantitative estimate of drug-likeness (QED) is 0.231. The second-order valence-corrected chi connectivity index (χ2v) is 7.88. The predicted octanol–water partition coefficient (Wildman–Crippen LogP) is 5.35. The van der Waals surface area contributed by atoms with E-state index < -0.39 is 4.92 Å². The molecule has 0 aliphatic carbocycles. The zero-order valence-electron chi connectivity index (χ0n) is 17.0. The molecule has 0 spiro atoms. The second kappa shape index (κ2) is 9.44. The first-order valence-corrected chi connectivity index (χ1v) is 10.6. The van der Waals surface area contributed by atoms with Crippen molar-refractivity contribution >= 4 is 29.0 Å². The number of non-ortho nitro benzene ring substituents is 1. The third-order valence-electron chi connectivity index (χ3n) is 4.61. The Morgan fingerprint density at radius 1 is 0.938 bits per heavy atom. The van der Waals surface area contributed by atoms with E-state index in [1.807, 2.05) is 43.3 Å². The number of carbonyl (C=O) groups excluding carboxylic acids is 1. The normalized spacial score (nSPS) is 10.7. The summed E-state index contributed by atoms with van der Waals surface area (Å²) in [6, 6.07) is 21.3. The van der Waals surface area contributed by atoms with Crippen LogP contribution in [0.15, 0.2) is 82.4 Å². The number of nitro benzene ring substituents is 1. The number of aryl methyl sites for hydroxylation is 1. The molecule has 0 atom stereocenters. The molecule has 0 saturated carbocycles. The summed E-state index contributed by atoms with van der Waals surface area (Å²) < 4.78 is 5.62. The van der Waals surface area contributed by atoms with Crippen molar-refractivity contribution in [3.8, 4) is 22.6 Å². The number of benzene rings is 3. The number of thioether (sulfide) groups is 1. The molecule has 4 rings (SSSR count). The van der Waals surface area contributed by atoms with Crippen molar-refractivity contribution in [1.82, 2.24) is 10.2 Å². The van der Waals surface area contributed by atoms with Gasteiger partial charge in [-0.1, -0.05) is 41.6 Å². The number of anilines is 1. The molecule has 0 radical (unpaired) electrons. The average Bonchev–Trinajstić information content (AvgIpc) is 3.28. The van der Waals surface area contributed by atoms with Crippen molar-refractivity contribution in [3.63, 3.8) is 0 Å². The highest BCUT2D eigenvalue weighted by atomic mass is 32.2. The molecule has 0 unspecified atom stereocenters. The van der Waals surface area contributed by atoms with Gasteiger partial charge in [-0.3, -0.25) is 14.9 Å². The number of hydrogen-bond acceptors (Lipinski definition) is 7. The number of amides is 1. The first-order valence-electron chi connectivity index (χ1n) is 9.66. The van der Waals surface area contributed by atoms with Crippen LogP contribution in [0.25, 0.3) is 22.6 Å². The summed E-state index contributed by atoms with van der Waals surface area (Å²) in [5.41, 5.74) is 4.40. The summed E-state index contributed by atoms with van der Waals surface area (Å²) in [5, 5.41) is 21.9. The minimum atomic E-state index is -0.432. The van der Waals surface area contributed by atoms with Crippen LogP contribution in [0.5, 0.6) is 0 Å². The summed E-state index contributed by atoms with van der Waals surface area (Å²) in [5.74, 6) is 0.336. The van der Waals surface area contributed by atoms with Crippen LogP contribution in [0.1, 0.15) is 5.56 Å². The Balaban J connectivity index is 1.31. The third-order valence-corrected chi connectivity index (χ3v) is 5.43. The minimum absolute atomic E-state index is 0.0439. The van der Waals surface area contributed by atoms with Gasteiger partial charge in [0, 0.05) is 23.4 Å². The molecule has 1 heterocycles. The van der Waals surface area contributed by atoms with Crippen LogP contribution >= 0.6 is 11.8 Å². The number of nitrogens with zero attached hydrogens (tertiary/aromatic N) is 3. The van der Waals surface area contributed by atoms with Crippen LogP contribution < -0.4 is 5.32 Å². The maximum Gasteiger partial charge on any atom is 0.277 e. The molecule has 3 aromatic carbocycles. The Morgan fingerprint density at radius 3 is 2.16 bits per heavy atom. The Hall–Kier alpha value is -3.98. The Bertz CT molecular complexity index is 1240. The lowest BCUT2D eigenvalue weighted by atomic mass is 10.1. The van der Waals surface area contributed by atoms with Gasteiger partial charge < -0.3 is 9.73 Å². The van der Waals surface area contributed by atoms with Crippen LogP contribution in [-0.2, 0) is 4.79 Å². The molecule has 4 aromatic rings. The van der Waals surface area contributed by atoms with E-state index in [0.717, 1.165) is 34.0 Å². The third kappa shape index (κ3) is 5.19. The molecule has 8 nitrogen and oxygen atoms in total. The zero-order valence-corrected chi connectivity index (χ0v) is 17.8. The number of carbonyl (C=O) groups is 1. The van der Waals surface area contributed by atoms with Gasteiger partial charge in [-0.15, -0.1) is 10.2 Å². The highest BCUT2D eigenvalue weighted by Crippen LogP contribution is 2.25. The molecule has 1 N–H and O–H groups in total. The molecular formula is C23H18N4O4S. The molecule has 1 amide bonds. The van der Waals surface area contributed by atoms with E-state index in [1.54, 1.807) is 24.3 Å². The topological polar surface area (TPSA) is 111 Å². The van der Waals surface area contributed by atoms with E-state index in [-0.39, 0.29) is 17.3 Å². The molecule has 0 bridgehead atoms. The fraction of sp³-hybridized carbons (Fsp3) is 0.0870. The van der Waals surface area contributed by atoms with Gasteiger partial charge in [0.25, 0.3) is 10.9 Å². The summed E-state index contributed by atoms with van der Waals surface area (Å²) >= 11 is 1.16. The Kier molecular flexibility index (Phi) is 6.27. The van der Waals surface area contributed by atoms with Crippen molar-refractivity contribution < 1.29 is 14.1 Å². The van der Waals surface area contributed by atoms with Gasteiger partial charge >= 0.3 is 0 Å². The van der Waals surface area contributed by atoms with Gasteiger partial charge in [-0.2, -0.15) is 0 Å². The smallest absolute Gasteiger partial charge is 0.277 e. The van der Waals surface area contributed by atoms with Gasteiger partial charge in [-0.05, 0) is 54.4 Å². The number of nitro groups is 1. The largest absolute Gasteiger partial charge is 0.411 e. The highest BCUT2D eigenvalue weighted by Gasteiger charge is 2.12. The van der Waals surface area contributed by atoms with E-state index in [1.165, 1.54) is 12.1 Å². The number of nitrogens with one attached hydrogen (secondary N) is 1. The fourth-order valence-corrected chi connectivity index (χ4v) is 3.49. The monoisotopic (exact) mass is 446 g/mol. The number of rotatable bonds is 7. The summed E-state index contributed by atoms with van der Waals surface area (Å²) in [6.07, 6.45) is 0. The van der Waals surface area contributed by atoms with E-state index >= 15 is 0 Å². The van der Waals surface area contributed by atoms with Crippen molar-refractivity contribution in [3.05, 3.63) is 88.5 Å². The molecule has 0 aliphatic rings. The first-order chi connectivity index (χ1) is 15.5. The van der Waals surface area contributed by atoms with Gasteiger partial charge in [0.1, 0.15) is 0 Å². The van der Waals surface area contributed by atoms with Crippen molar-refractivity contribution in [2.45, 2.75) is 12.1 Å². The Morgan fingerprint density at radius 2 is 1.53 bits per heavy atom. The van der Waals surface area contributed by atoms with E-state index in [2.05, 4.69) is 15.5 Å². The van der Waals surface area contributed by atoms with E-state index in [4.69, 9.17) is 4.42 Å². The number of aromatic nitrogens is 2. The van der Waals surface area contributed by atoms with Crippen LogP contribution in [0, 0.1) is 17.0 Å². The van der Waals surface area contributed by atoms with Crippen LogP contribution in [0.3, 0.4) is 0 Å². The van der Waals surface area contributed by atoms with Crippen molar-refractivity contribution in [1.29, 1.82) is 0 Å². The van der Waals surface area contributed by atoms with Crippen LogP contribution in [-0.4, -0.2) is 26.8 Å². The lowest BCUT2D eigenvalue weighted by Gasteiger charge is -2.06. The molecule has 9 heteroatoms. The van der Waals surface area contributed by atoms with Crippen molar-refractivity contribution in [2.24, 2.45) is 0 Å². The van der Waals surface area contributed by atoms with Gasteiger partial charge in [0.2, 0.25) is 11.8 Å². The van der Waals surface area contributed by atoms with Crippen molar-refractivity contribution in [2.75, 3.05) is 11.1 Å². The molecule has 160 valence electrons. The molecule has 1 aromatic heterocycles. The van der Waals surface area contributed by atoms with E-state index in [0.29, 0.717) is 16.8 Å². The maximum absolute atomic E-state index is 12.3. The molecular weight excluding hydrogens is 428 g/mol. The van der Waals surface area contributed by atoms with Crippen LogP contribution in [0.4, 0.5) is 11.4 Å². The SMILES string of the molecule is Cc1ccc(-c2nnc(SCC(=O)Nc3ccc(-c4ccc([N+](=O)[O-])cc4)cc3)o2)cc1. The standard InChI is InChI=1S/C23H18N4O4S/c1-15-2-4-18(5-3-15)22-25-26-23(31-22)32-14-21(28)24-19-10-6-16(7-11-19)17-8-12-20(13-9-17)27(29)30/h2-13H,14H2,1H3,(H,24,28). The van der Waals surface area contributed by atoms with Gasteiger partial charge in [0.15, 0.2) is 0 Å². The lowest BCUT2D eigenvalue weighted by Crippen LogP contribution is -2.13. The summed E-state index contributed by atoms with van der Waals surface area (Å²) in [7, 11) is 0. The fourth-order valence-electron chi connectivity index (χ4n) is 2.93. The average molecular weight is 446 g/mol. The van der Waals surface area contributed by atoms with Crippen LogP contribution in [0.2, 0.25) is 0 Å². The number of hydrogen-bond donors (Lipinski definition) is 1.